The van der Waals surface area contributed by atoms with Crippen molar-refractivity contribution in [1.29, 1.82) is 0 Å². The second-order valence-corrected chi connectivity index (χ2v) is 4.06. The van der Waals surface area contributed by atoms with Crippen molar-refractivity contribution in [2.45, 2.75) is 25.9 Å². The molecule has 0 radical (unpaired) electrons. The summed E-state index contributed by atoms with van der Waals surface area (Å²) in [6.07, 6.45) is 5.45. The van der Waals surface area contributed by atoms with Gasteiger partial charge in [0.15, 0.2) is 0 Å². The Morgan fingerprint density at radius 3 is 3.31 bits per heavy atom. The molecule has 2 atom stereocenters. The van der Waals surface area contributed by atoms with Crippen LogP contribution < -0.4 is 5.32 Å². The molecule has 0 spiro atoms. The maximum atomic E-state index is 11.6. The predicted molar refractivity (Wildman–Crippen MR) is 59.1 cm³/mol. The van der Waals surface area contributed by atoms with E-state index in [1.54, 1.807) is 6.20 Å². The van der Waals surface area contributed by atoms with Gasteiger partial charge in [0.25, 0.3) is 5.91 Å². The molecule has 1 aromatic heterocycles. The first kappa shape index (κ1) is 11.1. The Labute approximate surface area is 94.6 Å². The van der Waals surface area contributed by atoms with Gasteiger partial charge in [-0.3, -0.25) is 9.89 Å². The monoisotopic (exact) mass is 223 g/mol. The number of amides is 1. The summed E-state index contributed by atoms with van der Waals surface area (Å²) in [6.45, 7) is 3.61. The zero-order valence-corrected chi connectivity index (χ0v) is 9.40. The van der Waals surface area contributed by atoms with Crippen molar-refractivity contribution in [3.63, 3.8) is 0 Å². The third-order valence-electron chi connectivity index (χ3n) is 3.03. The molecule has 5 nitrogen and oxygen atoms in total. The van der Waals surface area contributed by atoms with Crippen LogP contribution in [0.5, 0.6) is 0 Å². The van der Waals surface area contributed by atoms with Crippen LogP contribution in [0.1, 0.15) is 30.1 Å². The molecule has 1 amide bonds. The quantitative estimate of drug-likeness (QED) is 0.798. The van der Waals surface area contributed by atoms with E-state index in [1.165, 1.54) is 6.20 Å². The van der Waals surface area contributed by atoms with E-state index < -0.39 is 0 Å². The van der Waals surface area contributed by atoms with Gasteiger partial charge in [0.2, 0.25) is 0 Å². The number of H-pyrrole nitrogens is 1. The first-order valence-electron chi connectivity index (χ1n) is 5.70. The van der Waals surface area contributed by atoms with Crippen LogP contribution in [-0.2, 0) is 4.74 Å². The lowest BCUT2D eigenvalue weighted by atomic mass is 9.99. The summed E-state index contributed by atoms with van der Waals surface area (Å²) in [5.74, 6) is 0.372. The van der Waals surface area contributed by atoms with Crippen molar-refractivity contribution in [3.05, 3.63) is 18.0 Å². The normalized spacial score (nSPS) is 24.6. The van der Waals surface area contributed by atoms with Crippen molar-refractivity contribution in [3.8, 4) is 0 Å². The minimum absolute atomic E-state index is 0.0736. The van der Waals surface area contributed by atoms with Gasteiger partial charge in [0.05, 0.1) is 17.9 Å². The van der Waals surface area contributed by atoms with E-state index in [9.17, 15) is 4.79 Å². The Morgan fingerprint density at radius 2 is 2.62 bits per heavy atom. The van der Waals surface area contributed by atoms with Crippen molar-refractivity contribution in [2.75, 3.05) is 13.2 Å². The number of carbonyl (C=O) groups is 1. The minimum atomic E-state index is -0.0736. The van der Waals surface area contributed by atoms with E-state index in [2.05, 4.69) is 22.4 Å². The zero-order chi connectivity index (χ0) is 11.4. The van der Waals surface area contributed by atoms with Gasteiger partial charge in [-0.15, -0.1) is 0 Å². The lowest BCUT2D eigenvalue weighted by Crippen LogP contribution is -2.32. The van der Waals surface area contributed by atoms with Gasteiger partial charge in [0, 0.05) is 25.3 Å². The molecule has 2 N–H and O–H groups in total. The van der Waals surface area contributed by atoms with Gasteiger partial charge < -0.3 is 10.1 Å². The number of rotatable bonds is 4. The summed E-state index contributed by atoms with van der Waals surface area (Å²) in [6, 6.07) is 0. The third-order valence-corrected chi connectivity index (χ3v) is 3.03. The fourth-order valence-electron chi connectivity index (χ4n) is 2.08. The molecule has 1 saturated heterocycles. The Morgan fingerprint density at radius 1 is 1.75 bits per heavy atom. The smallest absolute Gasteiger partial charge is 0.254 e. The number of aromatic nitrogens is 2. The largest absolute Gasteiger partial charge is 0.378 e. The molecule has 2 heterocycles. The van der Waals surface area contributed by atoms with E-state index in [4.69, 9.17) is 4.74 Å². The van der Waals surface area contributed by atoms with Crippen molar-refractivity contribution in [2.24, 2.45) is 5.92 Å². The molecular weight excluding hydrogens is 206 g/mol. The number of aromatic amines is 1. The molecular formula is C11H17N3O2. The highest BCUT2D eigenvalue weighted by Crippen LogP contribution is 2.22. The highest BCUT2D eigenvalue weighted by Gasteiger charge is 2.26. The molecule has 0 aliphatic carbocycles. The number of carbonyl (C=O) groups excluding carboxylic acids is 1. The maximum Gasteiger partial charge on any atom is 0.254 e. The predicted octanol–water partition coefficient (Wildman–Crippen LogP) is 0.955. The van der Waals surface area contributed by atoms with Crippen LogP contribution in [0.25, 0.3) is 0 Å². The van der Waals surface area contributed by atoms with Gasteiger partial charge in [-0.05, 0) is 12.8 Å². The highest BCUT2D eigenvalue weighted by molar-refractivity contribution is 5.93. The van der Waals surface area contributed by atoms with Gasteiger partial charge in [0.1, 0.15) is 0 Å². The fourth-order valence-corrected chi connectivity index (χ4v) is 2.08. The Balaban J connectivity index is 1.81. The highest BCUT2D eigenvalue weighted by atomic mass is 16.5. The lowest BCUT2D eigenvalue weighted by Gasteiger charge is -2.16. The molecule has 0 bridgehead atoms. The van der Waals surface area contributed by atoms with Crippen molar-refractivity contribution >= 4 is 5.91 Å². The molecule has 16 heavy (non-hydrogen) atoms. The summed E-state index contributed by atoms with van der Waals surface area (Å²) in [5, 5.41) is 9.28. The van der Waals surface area contributed by atoms with Gasteiger partial charge >= 0.3 is 0 Å². The summed E-state index contributed by atoms with van der Waals surface area (Å²) in [5.41, 5.74) is 0.576. The van der Waals surface area contributed by atoms with Gasteiger partial charge in [-0.25, -0.2) is 0 Å². The van der Waals surface area contributed by atoms with Crippen LogP contribution in [-0.4, -0.2) is 35.4 Å². The van der Waals surface area contributed by atoms with Crippen LogP contribution in [0.4, 0.5) is 0 Å². The molecule has 88 valence electrons. The summed E-state index contributed by atoms with van der Waals surface area (Å²) in [4.78, 5) is 11.6. The SMILES string of the molecule is CCC1OCCC1CNC(=O)c1cn[nH]c1. The molecule has 1 aliphatic heterocycles. The van der Waals surface area contributed by atoms with Crippen LogP contribution in [0, 0.1) is 5.92 Å². The average molecular weight is 223 g/mol. The standard InChI is InChI=1S/C11H17N3O2/c1-2-10-8(3-4-16-10)5-12-11(15)9-6-13-14-7-9/h6-8,10H,2-5H2,1H3,(H,12,15)(H,13,14). The number of nitrogens with one attached hydrogen (secondary N) is 2. The molecule has 2 unspecified atom stereocenters. The molecule has 1 aromatic rings. The van der Waals surface area contributed by atoms with Crippen LogP contribution >= 0.6 is 0 Å². The third kappa shape index (κ3) is 2.41. The van der Waals surface area contributed by atoms with Crippen molar-refractivity contribution in [1.82, 2.24) is 15.5 Å². The zero-order valence-electron chi connectivity index (χ0n) is 9.40. The first-order chi connectivity index (χ1) is 7.81. The first-order valence-corrected chi connectivity index (χ1v) is 5.70. The molecule has 1 fully saturated rings. The summed E-state index contributed by atoms with van der Waals surface area (Å²) < 4.78 is 5.57. The minimum Gasteiger partial charge on any atom is -0.378 e. The summed E-state index contributed by atoms with van der Waals surface area (Å²) in [7, 11) is 0. The number of nitrogens with zero attached hydrogens (tertiary/aromatic N) is 1. The Bertz CT molecular complexity index is 337. The van der Waals surface area contributed by atoms with E-state index in [0.717, 1.165) is 19.4 Å². The number of hydrogen-bond acceptors (Lipinski definition) is 3. The number of hydrogen-bond donors (Lipinski definition) is 2. The molecule has 2 rings (SSSR count). The summed E-state index contributed by atoms with van der Waals surface area (Å²) >= 11 is 0. The average Bonchev–Trinajstić information content (AvgIpc) is 2.96. The molecule has 0 aromatic carbocycles. The Hall–Kier alpha value is -1.36. The fraction of sp³-hybridized carbons (Fsp3) is 0.636. The van der Waals surface area contributed by atoms with Gasteiger partial charge in [-0.2, -0.15) is 5.10 Å². The molecule has 0 saturated carbocycles. The van der Waals surface area contributed by atoms with Crippen molar-refractivity contribution < 1.29 is 9.53 Å². The van der Waals surface area contributed by atoms with Crippen LogP contribution in [0.3, 0.4) is 0 Å². The van der Waals surface area contributed by atoms with E-state index in [-0.39, 0.29) is 5.91 Å². The maximum absolute atomic E-state index is 11.6. The van der Waals surface area contributed by atoms with Gasteiger partial charge in [-0.1, -0.05) is 6.92 Å². The van der Waals surface area contributed by atoms with E-state index in [1.807, 2.05) is 0 Å². The Kier molecular flexibility index (Phi) is 3.56. The van der Waals surface area contributed by atoms with E-state index in [0.29, 0.717) is 24.1 Å². The second-order valence-electron chi connectivity index (χ2n) is 4.06. The number of ether oxygens (including phenoxy) is 1. The van der Waals surface area contributed by atoms with Crippen LogP contribution in [0.2, 0.25) is 0 Å². The lowest BCUT2D eigenvalue weighted by molar-refractivity contribution is 0.0827. The molecule has 1 aliphatic rings. The second kappa shape index (κ2) is 5.12. The topological polar surface area (TPSA) is 67.0 Å². The van der Waals surface area contributed by atoms with E-state index >= 15 is 0 Å². The molecule has 5 heteroatoms. The van der Waals surface area contributed by atoms with Crippen LogP contribution in [0.15, 0.2) is 12.4 Å².